The van der Waals surface area contributed by atoms with Gasteiger partial charge in [0.2, 0.25) is 5.95 Å². The minimum atomic E-state index is 0.260. The lowest BCUT2D eigenvalue weighted by atomic mass is 10.1. The second-order valence-corrected chi connectivity index (χ2v) is 6.46. The van der Waals surface area contributed by atoms with Crippen LogP contribution in [0.3, 0.4) is 0 Å². The maximum absolute atomic E-state index is 5.92. The number of pyridine rings is 1. The summed E-state index contributed by atoms with van der Waals surface area (Å²) in [5.41, 5.74) is 12.3. The number of nitrogens with two attached hydrogens (primary N) is 1. The number of nitrogens with zero attached hydrogens (tertiary/aromatic N) is 3. The number of hydrogen-bond acceptors (Lipinski definition) is 5. The number of aromatic nitrogens is 3. The van der Waals surface area contributed by atoms with Crippen LogP contribution >= 0.6 is 0 Å². The van der Waals surface area contributed by atoms with Crippen molar-refractivity contribution < 1.29 is 4.74 Å². The molecule has 0 fully saturated rings. The number of hydrogen-bond donors (Lipinski definition) is 1. The van der Waals surface area contributed by atoms with E-state index in [9.17, 15) is 0 Å². The molecule has 0 aliphatic carbocycles. The van der Waals surface area contributed by atoms with Crippen LogP contribution in [0.5, 0.6) is 5.75 Å². The lowest BCUT2D eigenvalue weighted by Gasteiger charge is -2.11. The maximum Gasteiger partial charge on any atom is 0.220 e. The first-order valence-electron chi connectivity index (χ1n) is 8.76. The minimum absolute atomic E-state index is 0.260. The lowest BCUT2D eigenvalue weighted by Crippen LogP contribution is -2.03. The number of nitrogen functional groups attached to an aromatic ring is 1. The van der Waals surface area contributed by atoms with E-state index in [1.807, 2.05) is 42.5 Å². The van der Waals surface area contributed by atoms with E-state index in [1.165, 1.54) is 0 Å². The second-order valence-electron chi connectivity index (χ2n) is 6.46. The number of benzene rings is 2. The van der Waals surface area contributed by atoms with Gasteiger partial charge in [-0.05, 0) is 36.8 Å². The second kappa shape index (κ2) is 7.03. The first kappa shape index (κ1) is 17.0. The van der Waals surface area contributed by atoms with Gasteiger partial charge in [-0.1, -0.05) is 42.0 Å². The van der Waals surface area contributed by atoms with Crippen molar-refractivity contribution >= 4 is 17.0 Å². The van der Waals surface area contributed by atoms with E-state index in [1.54, 1.807) is 7.11 Å². The number of rotatable bonds is 4. The van der Waals surface area contributed by atoms with Crippen molar-refractivity contribution in [2.75, 3.05) is 12.8 Å². The normalized spacial score (nSPS) is 10.9. The highest BCUT2D eigenvalue weighted by atomic mass is 16.5. The van der Waals surface area contributed by atoms with Crippen molar-refractivity contribution in [3.8, 4) is 17.0 Å². The van der Waals surface area contributed by atoms with E-state index >= 15 is 0 Å². The molecule has 0 aliphatic heterocycles. The van der Waals surface area contributed by atoms with Crippen molar-refractivity contribution in [2.45, 2.75) is 13.3 Å². The van der Waals surface area contributed by atoms with Crippen LogP contribution in [0.1, 0.15) is 16.8 Å². The third-order valence-electron chi connectivity index (χ3n) is 4.48. The van der Waals surface area contributed by atoms with Crippen molar-refractivity contribution in [3.05, 3.63) is 77.5 Å². The Bertz CT molecular complexity index is 1110. The van der Waals surface area contributed by atoms with Gasteiger partial charge >= 0.3 is 0 Å². The Morgan fingerprint density at radius 2 is 1.74 bits per heavy atom. The van der Waals surface area contributed by atoms with E-state index in [4.69, 9.17) is 15.5 Å². The van der Waals surface area contributed by atoms with Gasteiger partial charge in [0, 0.05) is 12.0 Å². The first-order chi connectivity index (χ1) is 13.1. The molecule has 134 valence electrons. The van der Waals surface area contributed by atoms with Gasteiger partial charge in [0.15, 0.2) is 0 Å². The summed E-state index contributed by atoms with van der Waals surface area (Å²) in [5.74, 6) is 1.05. The average Bonchev–Trinajstić information content (AvgIpc) is 2.68. The van der Waals surface area contributed by atoms with E-state index < -0.39 is 0 Å². The summed E-state index contributed by atoms with van der Waals surface area (Å²) in [6, 6.07) is 20.1. The third-order valence-corrected chi connectivity index (χ3v) is 4.48. The fraction of sp³-hybridized carbons (Fsp3) is 0.136. The molecule has 2 aromatic heterocycles. The number of ether oxygens (including phenoxy) is 1. The summed E-state index contributed by atoms with van der Waals surface area (Å²) in [4.78, 5) is 13.7. The number of methoxy groups -OCH3 is 1. The minimum Gasteiger partial charge on any atom is -0.496 e. The Kier molecular flexibility index (Phi) is 4.42. The highest BCUT2D eigenvalue weighted by Crippen LogP contribution is 2.31. The molecule has 2 heterocycles. The molecule has 0 saturated heterocycles. The van der Waals surface area contributed by atoms with Gasteiger partial charge in [-0.2, -0.15) is 0 Å². The zero-order valence-electron chi connectivity index (χ0n) is 15.3. The highest BCUT2D eigenvalue weighted by Gasteiger charge is 2.13. The van der Waals surface area contributed by atoms with Crippen LogP contribution in [0.2, 0.25) is 0 Å². The molecule has 0 saturated carbocycles. The van der Waals surface area contributed by atoms with Crippen LogP contribution in [0, 0.1) is 6.92 Å². The Balaban J connectivity index is 1.88. The Morgan fingerprint density at radius 3 is 2.52 bits per heavy atom. The Morgan fingerprint density at radius 1 is 0.926 bits per heavy atom. The quantitative estimate of drug-likeness (QED) is 0.594. The van der Waals surface area contributed by atoms with E-state index in [0.29, 0.717) is 6.42 Å². The molecule has 0 amide bonds. The fourth-order valence-electron chi connectivity index (χ4n) is 3.18. The zero-order valence-corrected chi connectivity index (χ0v) is 15.3. The van der Waals surface area contributed by atoms with E-state index in [-0.39, 0.29) is 5.95 Å². The van der Waals surface area contributed by atoms with Gasteiger partial charge in [-0.3, -0.25) is 0 Å². The van der Waals surface area contributed by atoms with Crippen LogP contribution in [0.15, 0.2) is 60.7 Å². The molecule has 4 aromatic rings. The monoisotopic (exact) mass is 356 g/mol. The average molecular weight is 356 g/mol. The van der Waals surface area contributed by atoms with Crippen LogP contribution in [-0.4, -0.2) is 22.1 Å². The summed E-state index contributed by atoms with van der Waals surface area (Å²) in [5, 5.41) is 0. The van der Waals surface area contributed by atoms with Crippen molar-refractivity contribution in [2.24, 2.45) is 0 Å². The zero-order chi connectivity index (χ0) is 18.8. The van der Waals surface area contributed by atoms with Crippen molar-refractivity contribution in [3.63, 3.8) is 0 Å². The molecule has 2 aromatic carbocycles. The summed E-state index contributed by atoms with van der Waals surface area (Å²) < 4.78 is 5.52. The molecule has 2 N–H and O–H groups in total. The molecular weight excluding hydrogens is 336 g/mol. The molecular formula is C22H20N4O. The first-order valence-corrected chi connectivity index (χ1v) is 8.76. The molecule has 27 heavy (non-hydrogen) atoms. The van der Waals surface area contributed by atoms with Gasteiger partial charge in [0.05, 0.1) is 24.0 Å². The topological polar surface area (TPSA) is 73.9 Å². The smallest absolute Gasteiger partial charge is 0.220 e. The van der Waals surface area contributed by atoms with Gasteiger partial charge in [-0.15, -0.1) is 0 Å². The van der Waals surface area contributed by atoms with Crippen LogP contribution < -0.4 is 10.5 Å². The van der Waals surface area contributed by atoms with Crippen molar-refractivity contribution in [1.82, 2.24) is 15.0 Å². The molecule has 0 aliphatic rings. The predicted octanol–water partition coefficient (Wildman–Crippen LogP) is 4.18. The number of anilines is 1. The molecule has 5 nitrogen and oxygen atoms in total. The van der Waals surface area contributed by atoms with Gasteiger partial charge in [-0.25, -0.2) is 15.0 Å². The molecule has 0 bridgehead atoms. The lowest BCUT2D eigenvalue weighted by molar-refractivity contribution is 0.416. The molecule has 0 atom stereocenters. The number of aryl methyl sites for hydroxylation is 1. The molecule has 0 spiro atoms. The summed E-state index contributed by atoms with van der Waals surface area (Å²) in [6.45, 7) is 2.05. The summed E-state index contributed by atoms with van der Waals surface area (Å²) >= 11 is 0. The van der Waals surface area contributed by atoms with Gasteiger partial charge in [0.1, 0.15) is 11.3 Å². The standard InChI is InChI=1S/C22H20N4O/c1-14-8-11-20(27-2)16(12-14)17-9-10-18-21(24-17)19(26-22(23)25-18)13-15-6-4-3-5-7-15/h3-12H,13H2,1-2H3,(H2,23,25,26). The van der Waals surface area contributed by atoms with Crippen LogP contribution in [0.4, 0.5) is 5.95 Å². The Hall–Kier alpha value is -3.47. The molecule has 5 heteroatoms. The van der Waals surface area contributed by atoms with Gasteiger partial charge in [0.25, 0.3) is 0 Å². The largest absolute Gasteiger partial charge is 0.496 e. The SMILES string of the molecule is COc1ccc(C)cc1-c1ccc2nc(N)nc(Cc3ccccc3)c2n1. The summed E-state index contributed by atoms with van der Waals surface area (Å²) in [7, 11) is 1.67. The Labute approximate surface area is 157 Å². The van der Waals surface area contributed by atoms with Crippen molar-refractivity contribution in [1.29, 1.82) is 0 Å². The van der Waals surface area contributed by atoms with Gasteiger partial charge < -0.3 is 10.5 Å². The van der Waals surface area contributed by atoms with E-state index in [0.717, 1.165) is 44.9 Å². The highest BCUT2D eigenvalue weighted by molar-refractivity contribution is 5.82. The molecule has 0 unspecified atom stereocenters. The van der Waals surface area contributed by atoms with Crippen LogP contribution in [-0.2, 0) is 6.42 Å². The van der Waals surface area contributed by atoms with E-state index in [2.05, 4.69) is 35.1 Å². The molecule has 0 radical (unpaired) electrons. The maximum atomic E-state index is 5.92. The number of fused-ring (bicyclic) bond motifs is 1. The third kappa shape index (κ3) is 3.44. The van der Waals surface area contributed by atoms with Crippen LogP contribution in [0.25, 0.3) is 22.3 Å². The predicted molar refractivity (Wildman–Crippen MR) is 108 cm³/mol. The fourth-order valence-corrected chi connectivity index (χ4v) is 3.18. The molecule has 4 rings (SSSR count). The summed E-state index contributed by atoms with van der Waals surface area (Å²) in [6.07, 6.45) is 0.644.